The maximum absolute atomic E-state index is 14.0. The van der Waals surface area contributed by atoms with Crippen LogP contribution in [0, 0.1) is 5.82 Å². The zero-order valence-corrected chi connectivity index (χ0v) is 14.1. The van der Waals surface area contributed by atoms with Gasteiger partial charge in [0.15, 0.2) is 0 Å². The predicted molar refractivity (Wildman–Crippen MR) is 87.3 cm³/mol. The van der Waals surface area contributed by atoms with Crippen LogP contribution in [0.3, 0.4) is 0 Å². The third-order valence-electron chi connectivity index (χ3n) is 4.09. The smallest absolute Gasteiger partial charge is 0.243 e. The Kier molecular flexibility index (Phi) is 3.85. The second-order valence-electron chi connectivity index (χ2n) is 5.67. The summed E-state index contributed by atoms with van der Waals surface area (Å²) in [4.78, 5) is 7.97. The van der Waals surface area contributed by atoms with Crippen LogP contribution in [0.2, 0.25) is 0 Å². The molecule has 0 saturated carbocycles. The largest absolute Gasteiger partial charge is 0.368 e. The van der Waals surface area contributed by atoms with Crippen molar-refractivity contribution in [3.8, 4) is 11.4 Å². The van der Waals surface area contributed by atoms with Crippen LogP contribution in [-0.4, -0.2) is 49.9 Å². The van der Waals surface area contributed by atoms with Crippen molar-refractivity contribution in [1.29, 1.82) is 0 Å². The summed E-state index contributed by atoms with van der Waals surface area (Å²) in [6.45, 7) is 0.330. The number of rotatable bonds is 3. The van der Waals surface area contributed by atoms with Gasteiger partial charge in [-0.05, 0) is 35.4 Å². The highest BCUT2D eigenvalue weighted by Crippen LogP contribution is 2.27. The quantitative estimate of drug-likeness (QED) is 0.656. The molecule has 3 heterocycles. The number of sulfonamides is 1. The molecule has 0 spiro atoms. The molecule has 0 saturated heterocycles. The van der Waals surface area contributed by atoms with Crippen molar-refractivity contribution in [2.45, 2.75) is 17.9 Å². The Balaban J connectivity index is 1.70. The molecule has 26 heavy (non-hydrogen) atoms. The number of aromatic nitrogens is 6. The lowest BCUT2D eigenvalue weighted by Crippen LogP contribution is -2.36. The standard InChI is InChI=1S/C14H13FN8O2S/c15-11-2-1-9(5-10(11)13-19-21-22-20-13)26(24,25)23-4-3-8-6-17-14(16)18-12(8)7-23/h1-2,5-6H,3-4,7H2,(H2,16,17,18)(H,19,20,21,22). The summed E-state index contributed by atoms with van der Waals surface area (Å²) in [5, 5.41) is 13.0. The van der Waals surface area contributed by atoms with Crippen molar-refractivity contribution in [2.75, 3.05) is 12.3 Å². The van der Waals surface area contributed by atoms with Gasteiger partial charge in [-0.25, -0.2) is 22.8 Å². The number of nitrogens with zero attached hydrogens (tertiary/aromatic N) is 6. The Labute approximate surface area is 147 Å². The van der Waals surface area contributed by atoms with Crippen LogP contribution in [0.1, 0.15) is 11.3 Å². The van der Waals surface area contributed by atoms with Gasteiger partial charge in [0.25, 0.3) is 0 Å². The molecule has 0 unspecified atom stereocenters. The highest BCUT2D eigenvalue weighted by Gasteiger charge is 2.30. The van der Waals surface area contributed by atoms with E-state index in [4.69, 9.17) is 5.73 Å². The Morgan fingerprint density at radius 1 is 1.31 bits per heavy atom. The van der Waals surface area contributed by atoms with Crippen molar-refractivity contribution in [1.82, 2.24) is 34.9 Å². The van der Waals surface area contributed by atoms with E-state index >= 15 is 0 Å². The maximum atomic E-state index is 14.0. The van der Waals surface area contributed by atoms with E-state index < -0.39 is 15.8 Å². The molecular weight excluding hydrogens is 363 g/mol. The molecule has 0 radical (unpaired) electrons. The van der Waals surface area contributed by atoms with E-state index in [2.05, 4.69) is 30.6 Å². The number of aromatic amines is 1. The second-order valence-corrected chi connectivity index (χ2v) is 7.60. The molecule has 12 heteroatoms. The average molecular weight is 376 g/mol. The van der Waals surface area contributed by atoms with Gasteiger partial charge < -0.3 is 5.73 Å². The SMILES string of the molecule is Nc1ncc2c(n1)CN(S(=O)(=O)c1ccc(F)c(-c3nn[nH]n3)c1)CC2. The highest BCUT2D eigenvalue weighted by atomic mass is 32.2. The number of nitrogens with one attached hydrogen (secondary N) is 1. The molecule has 0 amide bonds. The van der Waals surface area contributed by atoms with E-state index in [9.17, 15) is 12.8 Å². The van der Waals surface area contributed by atoms with Gasteiger partial charge in [0.2, 0.25) is 21.8 Å². The van der Waals surface area contributed by atoms with Gasteiger partial charge in [0.05, 0.1) is 22.7 Å². The lowest BCUT2D eigenvalue weighted by atomic mass is 10.1. The lowest BCUT2D eigenvalue weighted by molar-refractivity contribution is 0.385. The van der Waals surface area contributed by atoms with Gasteiger partial charge in [-0.2, -0.15) is 9.52 Å². The third-order valence-corrected chi connectivity index (χ3v) is 5.93. The molecule has 0 fully saturated rings. The molecule has 0 aliphatic carbocycles. The summed E-state index contributed by atoms with van der Waals surface area (Å²) in [5.74, 6) is -0.580. The first-order valence-corrected chi connectivity index (χ1v) is 9.03. The minimum atomic E-state index is -3.87. The van der Waals surface area contributed by atoms with Crippen molar-refractivity contribution in [2.24, 2.45) is 0 Å². The molecule has 0 bridgehead atoms. The van der Waals surface area contributed by atoms with E-state index in [0.717, 1.165) is 11.6 Å². The first kappa shape index (κ1) is 16.5. The maximum Gasteiger partial charge on any atom is 0.243 e. The number of anilines is 1. The number of nitrogens with two attached hydrogens (primary N) is 1. The highest BCUT2D eigenvalue weighted by molar-refractivity contribution is 7.89. The average Bonchev–Trinajstić information content (AvgIpc) is 3.15. The first-order chi connectivity index (χ1) is 12.4. The fourth-order valence-electron chi connectivity index (χ4n) is 2.76. The molecule has 4 rings (SSSR count). The number of tetrazole rings is 1. The van der Waals surface area contributed by atoms with Crippen LogP contribution in [0.25, 0.3) is 11.4 Å². The van der Waals surface area contributed by atoms with Crippen LogP contribution in [-0.2, 0) is 23.0 Å². The molecule has 134 valence electrons. The number of nitrogen functional groups attached to an aromatic ring is 1. The Hall–Kier alpha value is -2.99. The Bertz CT molecular complexity index is 1070. The topological polar surface area (TPSA) is 144 Å². The van der Waals surface area contributed by atoms with Crippen molar-refractivity contribution >= 4 is 16.0 Å². The number of hydrogen-bond acceptors (Lipinski definition) is 8. The molecule has 10 nitrogen and oxygen atoms in total. The van der Waals surface area contributed by atoms with Crippen molar-refractivity contribution in [3.05, 3.63) is 41.5 Å². The van der Waals surface area contributed by atoms with E-state index in [1.54, 1.807) is 6.20 Å². The summed E-state index contributed by atoms with van der Waals surface area (Å²) in [5.41, 5.74) is 6.95. The fraction of sp³-hybridized carbons (Fsp3) is 0.214. The predicted octanol–water partition coefficient (Wildman–Crippen LogP) is 0.125. The zero-order valence-electron chi connectivity index (χ0n) is 13.3. The van der Waals surface area contributed by atoms with Crippen molar-refractivity contribution in [3.63, 3.8) is 0 Å². The van der Waals surface area contributed by atoms with E-state index in [0.29, 0.717) is 12.1 Å². The van der Waals surface area contributed by atoms with E-state index in [1.165, 1.54) is 16.4 Å². The van der Waals surface area contributed by atoms with Gasteiger partial charge in [0.1, 0.15) is 5.82 Å². The van der Waals surface area contributed by atoms with Gasteiger partial charge in [-0.3, -0.25) is 0 Å². The molecule has 2 aromatic heterocycles. The summed E-state index contributed by atoms with van der Waals surface area (Å²) in [6, 6.07) is 3.47. The molecule has 3 aromatic rings. The fourth-order valence-corrected chi connectivity index (χ4v) is 4.19. The van der Waals surface area contributed by atoms with Crippen LogP contribution < -0.4 is 5.73 Å². The lowest BCUT2D eigenvalue weighted by Gasteiger charge is -2.27. The van der Waals surface area contributed by atoms with Crippen molar-refractivity contribution < 1.29 is 12.8 Å². The van der Waals surface area contributed by atoms with Gasteiger partial charge in [-0.15, -0.1) is 10.2 Å². The summed E-state index contributed by atoms with van der Waals surface area (Å²) in [6.07, 6.45) is 2.07. The molecule has 1 aliphatic heterocycles. The molecule has 3 N–H and O–H groups in total. The van der Waals surface area contributed by atoms with Crippen LogP contribution in [0.15, 0.2) is 29.3 Å². The molecule has 1 aliphatic rings. The van der Waals surface area contributed by atoms with Crippen LogP contribution in [0.5, 0.6) is 0 Å². The monoisotopic (exact) mass is 376 g/mol. The number of fused-ring (bicyclic) bond motifs is 1. The zero-order chi connectivity index (χ0) is 18.3. The Morgan fingerprint density at radius 3 is 2.92 bits per heavy atom. The normalized spacial score (nSPS) is 15.0. The van der Waals surface area contributed by atoms with Gasteiger partial charge in [0, 0.05) is 12.7 Å². The van der Waals surface area contributed by atoms with Gasteiger partial charge in [-0.1, -0.05) is 0 Å². The van der Waals surface area contributed by atoms with E-state index in [1.807, 2.05) is 0 Å². The van der Waals surface area contributed by atoms with E-state index in [-0.39, 0.29) is 35.3 Å². The summed E-state index contributed by atoms with van der Waals surface area (Å²) in [7, 11) is -3.87. The number of halogens is 1. The minimum absolute atomic E-state index is 0.0240. The number of hydrogen-bond donors (Lipinski definition) is 2. The summed E-state index contributed by atoms with van der Waals surface area (Å²) >= 11 is 0. The van der Waals surface area contributed by atoms with Crippen LogP contribution in [0.4, 0.5) is 10.3 Å². The second kappa shape index (κ2) is 6.07. The molecular formula is C14H13FN8O2S. The molecule has 1 aromatic carbocycles. The minimum Gasteiger partial charge on any atom is -0.368 e. The third kappa shape index (κ3) is 2.78. The summed E-state index contributed by atoms with van der Waals surface area (Å²) < 4.78 is 41.3. The molecule has 0 atom stereocenters. The number of benzene rings is 1. The number of H-pyrrole nitrogens is 1. The van der Waals surface area contributed by atoms with Gasteiger partial charge >= 0.3 is 0 Å². The first-order valence-electron chi connectivity index (χ1n) is 7.59. The van der Waals surface area contributed by atoms with Crippen LogP contribution >= 0.6 is 0 Å². The Morgan fingerprint density at radius 2 is 2.15 bits per heavy atom.